The highest BCUT2D eigenvalue weighted by molar-refractivity contribution is 7.89. The SMILES string of the molecule is CCNC(=O)c1cc(N2CCN(S(=O)(=O)c3ccc4c(c3)NC(=O)CO4)CC2)ccn1. The molecule has 1 aromatic heterocycles. The van der Waals surface area contributed by atoms with Crippen LogP contribution in [0.2, 0.25) is 0 Å². The normalized spacial score (nSPS) is 16.8. The van der Waals surface area contributed by atoms with Crippen molar-refractivity contribution in [3.63, 3.8) is 0 Å². The van der Waals surface area contributed by atoms with Crippen LogP contribution < -0.4 is 20.3 Å². The van der Waals surface area contributed by atoms with E-state index < -0.39 is 10.0 Å². The molecule has 0 atom stereocenters. The van der Waals surface area contributed by atoms with Crippen LogP contribution in [0.25, 0.3) is 0 Å². The van der Waals surface area contributed by atoms with Crippen LogP contribution in [-0.4, -0.2) is 68.9 Å². The molecule has 0 spiro atoms. The van der Waals surface area contributed by atoms with Crippen molar-refractivity contribution < 1.29 is 22.7 Å². The maximum atomic E-state index is 13.1. The molecule has 3 heterocycles. The van der Waals surface area contributed by atoms with Gasteiger partial charge in [0.15, 0.2) is 6.61 Å². The molecule has 164 valence electrons. The maximum Gasteiger partial charge on any atom is 0.269 e. The Bertz CT molecular complexity index is 1110. The smallest absolute Gasteiger partial charge is 0.269 e. The lowest BCUT2D eigenvalue weighted by atomic mass is 10.2. The molecular formula is C20H23N5O5S. The van der Waals surface area contributed by atoms with Crippen molar-refractivity contribution in [2.45, 2.75) is 11.8 Å². The van der Waals surface area contributed by atoms with Gasteiger partial charge in [-0.3, -0.25) is 14.6 Å². The second-order valence-electron chi connectivity index (χ2n) is 7.14. The molecule has 1 fully saturated rings. The zero-order chi connectivity index (χ0) is 22.0. The number of benzene rings is 1. The molecule has 1 saturated heterocycles. The molecule has 2 amide bonds. The number of pyridine rings is 1. The predicted molar refractivity (Wildman–Crippen MR) is 114 cm³/mol. The molecule has 31 heavy (non-hydrogen) atoms. The topological polar surface area (TPSA) is 121 Å². The molecule has 4 rings (SSSR count). The number of carbonyl (C=O) groups excluding carboxylic acids is 2. The van der Waals surface area contributed by atoms with Crippen LogP contribution in [0.4, 0.5) is 11.4 Å². The van der Waals surface area contributed by atoms with Gasteiger partial charge in [0.1, 0.15) is 11.4 Å². The zero-order valence-electron chi connectivity index (χ0n) is 17.0. The summed E-state index contributed by atoms with van der Waals surface area (Å²) in [5, 5.41) is 5.35. The molecule has 11 heteroatoms. The second kappa shape index (κ2) is 8.52. The van der Waals surface area contributed by atoms with Crippen molar-refractivity contribution in [1.82, 2.24) is 14.6 Å². The summed E-state index contributed by atoms with van der Waals surface area (Å²) in [6.07, 6.45) is 1.58. The summed E-state index contributed by atoms with van der Waals surface area (Å²) >= 11 is 0. The number of ether oxygens (including phenoxy) is 1. The Morgan fingerprint density at radius 3 is 2.71 bits per heavy atom. The van der Waals surface area contributed by atoms with Crippen LogP contribution in [-0.2, 0) is 14.8 Å². The van der Waals surface area contributed by atoms with E-state index in [0.717, 1.165) is 5.69 Å². The first kappa shape index (κ1) is 21.1. The van der Waals surface area contributed by atoms with E-state index in [1.54, 1.807) is 24.4 Å². The molecule has 2 aromatic rings. The van der Waals surface area contributed by atoms with Gasteiger partial charge in [-0.1, -0.05) is 0 Å². The third-order valence-corrected chi connectivity index (χ3v) is 7.03. The fourth-order valence-corrected chi connectivity index (χ4v) is 5.00. The van der Waals surface area contributed by atoms with Crippen LogP contribution in [0, 0.1) is 0 Å². The number of amides is 2. The third kappa shape index (κ3) is 4.32. The number of fused-ring (bicyclic) bond motifs is 1. The zero-order valence-corrected chi connectivity index (χ0v) is 17.8. The standard InChI is InChI=1S/C20H23N5O5S/c1-2-21-20(27)17-11-14(5-6-22-17)24-7-9-25(10-8-24)31(28,29)15-3-4-18-16(12-15)23-19(26)13-30-18/h3-6,11-12H,2,7-10,13H2,1H3,(H,21,27)(H,23,26). The first-order chi connectivity index (χ1) is 14.9. The van der Waals surface area contributed by atoms with Gasteiger partial charge in [-0.2, -0.15) is 4.31 Å². The number of sulfonamides is 1. The van der Waals surface area contributed by atoms with E-state index in [1.807, 2.05) is 11.8 Å². The molecule has 0 unspecified atom stereocenters. The lowest BCUT2D eigenvalue weighted by Crippen LogP contribution is -2.48. The summed E-state index contributed by atoms with van der Waals surface area (Å²) < 4.78 is 32.9. The largest absolute Gasteiger partial charge is 0.482 e. The number of hydrogen-bond donors (Lipinski definition) is 2. The van der Waals surface area contributed by atoms with E-state index in [0.29, 0.717) is 49.9 Å². The Morgan fingerprint density at radius 2 is 1.97 bits per heavy atom. The molecule has 2 aliphatic heterocycles. The van der Waals surface area contributed by atoms with E-state index in [4.69, 9.17) is 4.74 Å². The molecule has 10 nitrogen and oxygen atoms in total. The van der Waals surface area contributed by atoms with E-state index in [1.165, 1.54) is 16.4 Å². The molecule has 0 aliphatic carbocycles. The van der Waals surface area contributed by atoms with Gasteiger partial charge in [-0.05, 0) is 37.3 Å². The Morgan fingerprint density at radius 1 is 1.19 bits per heavy atom. The summed E-state index contributed by atoms with van der Waals surface area (Å²) in [6.45, 7) is 3.80. The number of anilines is 2. The summed E-state index contributed by atoms with van der Waals surface area (Å²) in [7, 11) is -3.72. The quantitative estimate of drug-likeness (QED) is 0.694. The van der Waals surface area contributed by atoms with Crippen LogP contribution in [0.15, 0.2) is 41.4 Å². The fourth-order valence-electron chi connectivity index (χ4n) is 3.55. The van der Waals surface area contributed by atoms with Crippen molar-refractivity contribution in [2.75, 3.05) is 49.5 Å². The van der Waals surface area contributed by atoms with Crippen molar-refractivity contribution in [2.24, 2.45) is 0 Å². The van der Waals surface area contributed by atoms with Crippen molar-refractivity contribution in [3.8, 4) is 5.75 Å². The van der Waals surface area contributed by atoms with Gasteiger partial charge in [0.05, 0.1) is 10.6 Å². The number of carbonyl (C=O) groups is 2. The van der Waals surface area contributed by atoms with Gasteiger partial charge < -0.3 is 20.3 Å². The Hall–Kier alpha value is -3.18. The summed E-state index contributed by atoms with van der Waals surface area (Å²) in [4.78, 5) is 29.8. The van der Waals surface area contributed by atoms with Crippen molar-refractivity contribution in [1.29, 1.82) is 0 Å². The molecule has 2 N–H and O–H groups in total. The molecule has 2 aliphatic rings. The van der Waals surface area contributed by atoms with E-state index in [9.17, 15) is 18.0 Å². The molecule has 0 radical (unpaired) electrons. The first-order valence-electron chi connectivity index (χ1n) is 9.94. The predicted octanol–water partition coefficient (Wildman–Crippen LogP) is 0.673. The summed E-state index contributed by atoms with van der Waals surface area (Å²) in [6, 6.07) is 7.98. The minimum Gasteiger partial charge on any atom is -0.482 e. The van der Waals surface area contributed by atoms with Gasteiger partial charge >= 0.3 is 0 Å². The molecule has 0 saturated carbocycles. The summed E-state index contributed by atoms with van der Waals surface area (Å²) in [5.74, 6) is -0.113. The van der Waals surface area contributed by atoms with Crippen molar-refractivity contribution >= 4 is 33.2 Å². The second-order valence-corrected chi connectivity index (χ2v) is 9.08. The molecule has 0 bridgehead atoms. The Labute approximate surface area is 180 Å². The highest BCUT2D eigenvalue weighted by Crippen LogP contribution is 2.31. The number of piperazine rings is 1. The number of hydrogen-bond acceptors (Lipinski definition) is 7. The lowest BCUT2D eigenvalue weighted by molar-refractivity contribution is -0.118. The summed E-state index contributed by atoms with van der Waals surface area (Å²) in [5.41, 5.74) is 1.50. The highest BCUT2D eigenvalue weighted by atomic mass is 32.2. The number of nitrogens with zero attached hydrogens (tertiary/aromatic N) is 3. The average Bonchev–Trinajstić information content (AvgIpc) is 2.79. The van der Waals surface area contributed by atoms with Crippen molar-refractivity contribution in [3.05, 3.63) is 42.2 Å². The van der Waals surface area contributed by atoms with Crippen LogP contribution in [0.5, 0.6) is 5.75 Å². The minimum absolute atomic E-state index is 0.0854. The van der Waals surface area contributed by atoms with Gasteiger partial charge in [0.2, 0.25) is 10.0 Å². The Balaban J connectivity index is 1.46. The molecular weight excluding hydrogens is 422 g/mol. The van der Waals surface area contributed by atoms with Gasteiger partial charge in [-0.15, -0.1) is 0 Å². The first-order valence-corrected chi connectivity index (χ1v) is 11.4. The van der Waals surface area contributed by atoms with Gasteiger partial charge in [-0.25, -0.2) is 8.42 Å². The van der Waals surface area contributed by atoms with Crippen LogP contribution >= 0.6 is 0 Å². The fraction of sp³-hybridized carbons (Fsp3) is 0.350. The monoisotopic (exact) mass is 445 g/mol. The van der Waals surface area contributed by atoms with E-state index >= 15 is 0 Å². The maximum absolute atomic E-state index is 13.1. The highest BCUT2D eigenvalue weighted by Gasteiger charge is 2.30. The lowest BCUT2D eigenvalue weighted by Gasteiger charge is -2.35. The van der Waals surface area contributed by atoms with E-state index in [2.05, 4.69) is 15.6 Å². The number of nitrogens with one attached hydrogen (secondary N) is 2. The van der Waals surface area contributed by atoms with E-state index in [-0.39, 0.29) is 23.3 Å². The average molecular weight is 446 g/mol. The number of rotatable bonds is 5. The third-order valence-electron chi connectivity index (χ3n) is 5.14. The Kier molecular flexibility index (Phi) is 5.79. The van der Waals surface area contributed by atoms with Crippen LogP contribution in [0.1, 0.15) is 17.4 Å². The molecule has 1 aromatic carbocycles. The number of aromatic nitrogens is 1. The van der Waals surface area contributed by atoms with Gasteiger partial charge in [0.25, 0.3) is 11.8 Å². The van der Waals surface area contributed by atoms with Crippen LogP contribution in [0.3, 0.4) is 0 Å². The minimum atomic E-state index is -3.72. The van der Waals surface area contributed by atoms with Gasteiger partial charge in [0, 0.05) is 44.6 Å².